The van der Waals surface area contributed by atoms with Crippen molar-refractivity contribution < 1.29 is 0 Å². The van der Waals surface area contributed by atoms with Gasteiger partial charge < -0.3 is 0 Å². The molecule has 0 spiro atoms. The second kappa shape index (κ2) is 5.28. The van der Waals surface area contributed by atoms with E-state index in [0.717, 1.165) is 32.0 Å². The van der Waals surface area contributed by atoms with Gasteiger partial charge in [-0.3, -0.25) is 10.8 Å². The number of nitrogens with zero attached hydrogens (tertiary/aromatic N) is 2. The van der Waals surface area contributed by atoms with Gasteiger partial charge in [0.2, 0.25) is 0 Å². The Hall–Kier alpha value is -1.82. The maximum Gasteiger partial charge on any atom is 0.0900 e. The molecular weight excluding hydrogens is 268 g/mol. The van der Waals surface area contributed by atoms with Crippen LogP contribution in [0.4, 0.5) is 0 Å². The van der Waals surface area contributed by atoms with Gasteiger partial charge in [0.05, 0.1) is 27.1 Å². The normalized spacial score (nSPS) is 12.8. The Bertz CT molecular complexity index is 750. The van der Waals surface area contributed by atoms with Crippen molar-refractivity contribution in [2.24, 2.45) is 5.84 Å². The molecule has 102 valence electrons. The van der Waals surface area contributed by atoms with Crippen LogP contribution in [-0.2, 0) is 0 Å². The molecule has 3 N–H and O–H groups in total. The molecule has 0 bridgehead atoms. The average Bonchev–Trinajstić information content (AvgIpc) is 2.78. The van der Waals surface area contributed by atoms with Crippen LogP contribution in [0, 0.1) is 13.8 Å². The first-order valence-corrected chi connectivity index (χ1v) is 7.25. The number of hydrogen-bond acceptors (Lipinski definition) is 5. The molecule has 0 radical (unpaired) electrons. The third-order valence-corrected chi connectivity index (χ3v) is 4.47. The highest BCUT2D eigenvalue weighted by molar-refractivity contribution is 7.11. The highest BCUT2D eigenvalue weighted by Crippen LogP contribution is 2.30. The average molecular weight is 284 g/mol. The minimum Gasteiger partial charge on any atom is -0.271 e. The van der Waals surface area contributed by atoms with E-state index in [4.69, 9.17) is 5.84 Å². The van der Waals surface area contributed by atoms with Crippen molar-refractivity contribution in [3.8, 4) is 0 Å². The lowest BCUT2D eigenvalue weighted by Crippen LogP contribution is -2.28. The number of pyridine rings is 1. The molecule has 0 saturated heterocycles. The highest BCUT2D eigenvalue weighted by atomic mass is 32.1. The predicted molar refractivity (Wildman–Crippen MR) is 82.5 cm³/mol. The number of thiazole rings is 1. The number of rotatable bonds is 3. The summed E-state index contributed by atoms with van der Waals surface area (Å²) in [5.74, 6) is 5.77. The van der Waals surface area contributed by atoms with Gasteiger partial charge in [0.1, 0.15) is 0 Å². The second-order valence-electron chi connectivity index (χ2n) is 4.74. The van der Waals surface area contributed by atoms with Crippen LogP contribution < -0.4 is 11.3 Å². The minimum atomic E-state index is -0.0485. The van der Waals surface area contributed by atoms with E-state index < -0.39 is 0 Å². The first kappa shape index (κ1) is 13.2. The van der Waals surface area contributed by atoms with Gasteiger partial charge in [0.15, 0.2) is 0 Å². The van der Waals surface area contributed by atoms with Crippen LogP contribution in [0.1, 0.15) is 27.2 Å². The highest BCUT2D eigenvalue weighted by Gasteiger charge is 2.18. The van der Waals surface area contributed by atoms with Crippen molar-refractivity contribution >= 4 is 22.2 Å². The molecule has 2 aromatic heterocycles. The number of aromatic nitrogens is 2. The van der Waals surface area contributed by atoms with Crippen molar-refractivity contribution in [3.05, 3.63) is 57.7 Å². The molecule has 0 saturated carbocycles. The van der Waals surface area contributed by atoms with Crippen LogP contribution in [0.5, 0.6) is 0 Å². The standard InChI is InChI=1S/C15H16N4S/c1-9-15(20-10(2)18-9)14(19-16)12-6-5-11-4-3-7-17-13(11)8-12/h3-8,14,19H,16H2,1-2H3. The Morgan fingerprint density at radius 1 is 1.25 bits per heavy atom. The summed E-state index contributed by atoms with van der Waals surface area (Å²) in [7, 11) is 0. The topological polar surface area (TPSA) is 63.8 Å². The summed E-state index contributed by atoms with van der Waals surface area (Å²) in [6, 6.07) is 10.2. The van der Waals surface area contributed by atoms with Gasteiger partial charge in [-0.1, -0.05) is 18.2 Å². The van der Waals surface area contributed by atoms with E-state index in [1.807, 2.05) is 19.9 Å². The molecule has 20 heavy (non-hydrogen) atoms. The maximum atomic E-state index is 5.77. The lowest BCUT2D eigenvalue weighted by atomic mass is 10.0. The van der Waals surface area contributed by atoms with Gasteiger partial charge in [0, 0.05) is 11.6 Å². The molecule has 1 aromatic carbocycles. The molecule has 0 aliphatic heterocycles. The smallest absolute Gasteiger partial charge is 0.0900 e. The molecule has 4 nitrogen and oxygen atoms in total. The molecule has 3 rings (SSSR count). The third-order valence-electron chi connectivity index (χ3n) is 3.33. The number of hydrazine groups is 1. The Balaban J connectivity index is 2.09. The number of fused-ring (bicyclic) bond motifs is 1. The van der Waals surface area contributed by atoms with Crippen molar-refractivity contribution in [2.45, 2.75) is 19.9 Å². The largest absolute Gasteiger partial charge is 0.271 e. The SMILES string of the molecule is Cc1nc(C)c(C(NN)c2ccc3cccnc3c2)s1. The number of aryl methyl sites for hydroxylation is 2. The van der Waals surface area contributed by atoms with Gasteiger partial charge >= 0.3 is 0 Å². The van der Waals surface area contributed by atoms with Crippen LogP contribution in [0.15, 0.2) is 36.5 Å². The van der Waals surface area contributed by atoms with E-state index in [1.54, 1.807) is 17.5 Å². The summed E-state index contributed by atoms with van der Waals surface area (Å²) in [4.78, 5) is 10.0. The summed E-state index contributed by atoms with van der Waals surface area (Å²) in [6.07, 6.45) is 1.80. The van der Waals surface area contributed by atoms with Gasteiger partial charge in [-0.25, -0.2) is 10.4 Å². The van der Waals surface area contributed by atoms with Gasteiger partial charge in [-0.05, 0) is 31.5 Å². The molecule has 2 heterocycles. The first-order valence-electron chi connectivity index (χ1n) is 6.44. The zero-order valence-corrected chi connectivity index (χ0v) is 12.2. The lowest BCUT2D eigenvalue weighted by molar-refractivity contribution is 0.642. The summed E-state index contributed by atoms with van der Waals surface area (Å²) in [5.41, 5.74) is 6.00. The Morgan fingerprint density at radius 2 is 2.10 bits per heavy atom. The quantitative estimate of drug-likeness (QED) is 0.573. The fourth-order valence-electron chi connectivity index (χ4n) is 2.40. The first-order chi connectivity index (χ1) is 9.69. The lowest BCUT2D eigenvalue weighted by Gasteiger charge is -2.16. The molecule has 0 fully saturated rings. The van der Waals surface area contributed by atoms with Crippen molar-refractivity contribution in [2.75, 3.05) is 0 Å². The van der Waals surface area contributed by atoms with E-state index >= 15 is 0 Å². The molecule has 5 heteroatoms. The van der Waals surface area contributed by atoms with Crippen molar-refractivity contribution in [3.63, 3.8) is 0 Å². The number of nitrogens with one attached hydrogen (secondary N) is 1. The van der Waals surface area contributed by atoms with Crippen LogP contribution in [0.2, 0.25) is 0 Å². The van der Waals surface area contributed by atoms with Crippen LogP contribution in [-0.4, -0.2) is 9.97 Å². The van der Waals surface area contributed by atoms with E-state index in [0.29, 0.717) is 0 Å². The van der Waals surface area contributed by atoms with Crippen LogP contribution in [0.25, 0.3) is 10.9 Å². The Labute approximate surface area is 121 Å². The van der Waals surface area contributed by atoms with E-state index in [1.165, 1.54) is 0 Å². The summed E-state index contributed by atoms with van der Waals surface area (Å²) < 4.78 is 0. The molecule has 0 amide bonds. The maximum absolute atomic E-state index is 5.77. The summed E-state index contributed by atoms with van der Waals surface area (Å²) in [5, 5.41) is 2.18. The van der Waals surface area contributed by atoms with Crippen LogP contribution >= 0.6 is 11.3 Å². The third kappa shape index (κ3) is 2.31. The van der Waals surface area contributed by atoms with Gasteiger partial charge in [-0.2, -0.15) is 0 Å². The second-order valence-corrected chi connectivity index (χ2v) is 5.97. The molecule has 1 atom stereocenters. The molecule has 0 aliphatic carbocycles. The van der Waals surface area contributed by atoms with Crippen LogP contribution in [0.3, 0.4) is 0 Å². The number of nitrogens with two attached hydrogens (primary N) is 1. The van der Waals surface area contributed by atoms with E-state index in [9.17, 15) is 0 Å². The monoisotopic (exact) mass is 284 g/mol. The number of benzene rings is 1. The zero-order valence-electron chi connectivity index (χ0n) is 11.4. The fourth-order valence-corrected chi connectivity index (χ4v) is 3.42. The van der Waals surface area contributed by atoms with E-state index in [2.05, 4.69) is 39.7 Å². The van der Waals surface area contributed by atoms with Gasteiger partial charge in [0.25, 0.3) is 0 Å². The molecule has 0 aliphatic rings. The number of hydrogen-bond donors (Lipinski definition) is 2. The Morgan fingerprint density at radius 3 is 2.80 bits per heavy atom. The minimum absolute atomic E-state index is 0.0485. The van der Waals surface area contributed by atoms with Gasteiger partial charge in [-0.15, -0.1) is 11.3 Å². The predicted octanol–water partition coefficient (Wildman–Crippen LogP) is 2.86. The summed E-state index contributed by atoms with van der Waals surface area (Å²) in [6.45, 7) is 4.03. The van der Waals surface area contributed by atoms with E-state index in [-0.39, 0.29) is 6.04 Å². The molecular formula is C15H16N4S. The fraction of sp³-hybridized carbons (Fsp3) is 0.200. The molecule has 1 unspecified atom stereocenters. The molecule has 3 aromatic rings. The van der Waals surface area contributed by atoms with Crippen molar-refractivity contribution in [1.82, 2.24) is 15.4 Å². The Kier molecular flexibility index (Phi) is 3.48. The van der Waals surface area contributed by atoms with Crippen molar-refractivity contribution in [1.29, 1.82) is 0 Å². The zero-order chi connectivity index (χ0) is 14.1. The summed E-state index contributed by atoms with van der Waals surface area (Å²) >= 11 is 1.67.